The minimum atomic E-state index is -4.75. The van der Waals surface area contributed by atoms with Crippen molar-refractivity contribution in [2.75, 3.05) is 6.54 Å². The van der Waals surface area contributed by atoms with Gasteiger partial charge in [-0.2, -0.15) is 18.3 Å². The highest BCUT2D eigenvalue weighted by molar-refractivity contribution is 9.10. The zero-order valence-electron chi connectivity index (χ0n) is 14.4. The largest absolute Gasteiger partial charge is 0.437 e. The van der Waals surface area contributed by atoms with Crippen LogP contribution in [0.2, 0.25) is 0 Å². The van der Waals surface area contributed by atoms with Gasteiger partial charge < -0.3 is 10.1 Å². The van der Waals surface area contributed by atoms with E-state index in [2.05, 4.69) is 26.3 Å². The molecule has 0 fully saturated rings. The summed E-state index contributed by atoms with van der Waals surface area (Å²) in [4.78, 5) is 11.9. The summed E-state index contributed by atoms with van der Waals surface area (Å²) in [6.45, 7) is 0.217. The van der Waals surface area contributed by atoms with Gasteiger partial charge in [0.1, 0.15) is 0 Å². The lowest BCUT2D eigenvalue weighted by Gasteiger charge is -2.12. The second-order valence-corrected chi connectivity index (χ2v) is 6.71. The van der Waals surface area contributed by atoms with Crippen molar-refractivity contribution in [2.45, 2.75) is 12.6 Å². The molecule has 9 heteroatoms. The zero-order valence-corrected chi connectivity index (χ0v) is 16.0. The van der Waals surface area contributed by atoms with Crippen LogP contribution >= 0.6 is 15.9 Å². The normalized spacial score (nSPS) is 11.3. The minimum absolute atomic E-state index is 0.209. The van der Waals surface area contributed by atoms with E-state index < -0.39 is 23.7 Å². The third-order valence-electron chi connectivity index (χ3n) is 3.80. The number of ether oxygens (including phenoxy) is 1. The second-order valence-electron chi connectivity index (χ2n) is 5.80. The first-order chi connectivity index (χ1) is 13.3. The molecule has 0 atom stereocenters. The third kappa shape index (κ3) is 4.92. The molecule has 3 aromatic rings. The molecule has 3 rings (SSSR count). The molecule has 0 saturated carbocycles. The van der Waals surface area contributed by atoms with Crippen LogP contribution in [-0.4, -0.2) is 22.4 Å². The van der Waals surface area contributed by atoms with Gasteiger partial charge in [0.15, 0.2) is 11.4 Å². The van der Waals surface area contributed by atoms with Gasteiger partial charge in [0.05, 0.1) is 11.9 Å². The van der Waals surface area contributed by atoms with Crippen molar-refractivity contribution in [3.05, 3.63) is 76.5 Å². The highest BCUT2D eigenvalue weighted by Gasteiger charge is 2.40. The van der Waals surface area contributed by atoms with Crippen molar-refractivity contribution in [2.24, 2.45) is 0 Å². The Balaban J connectivity index is 1.68. The van der Waals surface area contributed by atoms with E-state index in [9.17, 15) is 18.0 Å². The van der Waals surface area contributed by atoms with Gasteiger partial charge in [-0.05, 0) is 36.2 Å². The fourth-order valence-corrected chi connectivity index (χ4v) is 2.79. The Morgan fingerprint density at radius 1 is 1.11 bits per heavy atom. The molecule has 1 N–H and O–H groups in total. The molecule has 0 bridgehead atoms. The number of halogens is 4. The van der Waals surface area contributed by atoms with E-state index in [0.717, 1.165) is 16.2 Å². The highest BCUT2D eigenvalue weighted by atomic mass is 79.9. The number of nitrogens with zero attached hydrogens (tertiary/aromatic N) is 2. The molecule has 0 radical (unpaired) electrons. The predicted molar refractivity (Wildman–Crippen MR) is 100 cm³/mol. The van der Waals surface area contributed by atoms with E-state index in [4.69, 9.17) is 4.74 Å². The van der Waals surface area contributed by atoms with Gasteiger partial charge >= 0.3 is 12.3 Å². The first-order valence-corrected chi connectivity index (χ1v) is 9.04. The number of hydrogen-bond donors (Lipinski definition) is 1. The number of carbonyl (C=O) groups excluding carboxylic acids is 1. The van der Waals surface area contributed by atoms with Crippen LogP contribution in [0.4, 0.5) is 18.0 Å². The molecule has 28 heavy (non-hydrogen) atoms. The lowest BCUT2D eigenvalue weighted by molar-refractivity contribution is -0.143. The molecular weight excluding hydrogens is 439 g/mol. The topological polar surface area (TPSA) is 56.1 Å². The van der Waals surface area contributed by atoms with Crippen LogP contribution in [0.1, 0.15) is 11.3 Å². The Bertz CT molecular complexity index is 941. The zero-order chi connectivity index (χ0) is 20.1. The van der Waals surface area contributed by atoms with E-state index in [1.807, 2.05) is 24.3 Å². The van der Waals surface area contributed by atoms with Gasteiger partial charge in [0.2, 0.25) is 0 Å². The fraction of sp³-hybridized carbons (Fsp3) is 0.158. The number of amides is 1. The molecule has 0 unspecified atom stereocenters. The Morgan fingerprint density at radius 2 is 1.79 bits per heavy atom. The minimum Gasteiger partial charge on any atom is -0.406 e. The molecule has 2 aromatic carbocycles. The van der Waals surface area contributed by atoms with Crippen LogP contribution in [-0.2, 0) is 12.6 Å². The van der Waals surface area contributed by atoms with Crippen LogP contribution in [0.25, 0.3) is 5.69 Å². The number of rotatable bonds is 5. The van der Waals surface area contributed by atoms with E-state index in [-0.39, 0.29) is 12.2 Å². The lowest BCUT2D eigenvalue weighted by Crippen LogP contribution is -2.29. The molecule has 0 aliphatic carbocycles. The molecule has 0 aliphatic heterocycles. The van der Waals surface area contributed by atoms with Crippen molar-refractivity contribution in [1.82, 2.24) is 15.1 Å². The summed E-state index contributed by atoms with van der Waals surface area (Å²) in [5.41, 5.74) is 0.0264. The maximum atomic E-state index is 13.5. The lowest BCUT2D eigenvalue weighted by atomic mass is 10.1. The number of aromatic nitrogens is 2. The number of nitrogens with one attached hydrogen (secondary N) is 1. The van der Waals surface area contributed by atoms with Gasteiger partial charge in [0, 0.05) is 11.0 Å². The van der Waals surface area contributed by atoms with Crippen molar-refractivity contribution in [1.29, 1.82) is 0 Å². The number of benzene rings is 2. The quantitative estimate of drug-likeness (QED) is 0.592. The molecule has 1 amide bonds. The Hall–Kier alpha value is -2.81. The molecule has 146 valence electrons. The summed E-state index contributed by atoms with van der Waals surface area (Å²) in [7, 11) is 0. The maximum absolute atomic E-state index is 13.5. The summed E-state index contributed by atoms with van der Waals surface area (Å²) in [6, 6.07) is 15.3. The summed E-state index contributed by atoms with van der Waals surface area (Å²) in [5.74, 6) is -0.655. The maximum Gasteiger partial charge on any atom is 0.437 e. The average Bonchev–Trinajstić information content (AvgIpc) is 3.08. The molecule has 5 nitrogen and oxygen atoms in total. The standard InChI is InChI=1S/C19H15BrF3N3O2/c20-14-8-6-13(7-9-14)10-11-24-18(27)28-16-12-25-26(17(16)19(21,22)23)15-4-2-1-3-5-15/h1-9,12H,10-11H2,(H,24,27). The summed E-state index contributed by atoms with van der Waals surface area (Å²) in [6.07, 6.45) is -4.34. The Morgan fingerprint density at radius 3 is 2.43 bits per heavy atom. The number of para-hydroxylation sites is 1. The summed E-state index contributed by atoms with van der Waals surface area (Å²) >= 11 is 3.33. The molecule has 0 aliphatic rings. The number of hydrogen-bond acceptors (Lipinski definition) is 3. The van der Waals surface area contributed by atoms with Gasteiger partial charge in [-0.25, -0.2) is 9.48 Å². The van der Waals surface area contributed by atoms with Crippen LogP contribution in [0, 0.1) is 0 Å². The van der Waals surface area contributed by atoms with E-state index in [1.165, 1.54) is 12.1 Å². The van der Waals surface area contributed by atoms with Gasteiger partial charge in [-0.3, -0.25) is 0 Å². The monoisotopic (exact) mass is 453 g/mol. The van der Waals surface area contributed by atoms with Crippen LogP contribution in [0.5, 0.6) is 5.75 Å². The molecule has 0 spiro atoms. The first-order valence-electron chi connectivity index (χ1n) is 8.25. The van der Waals surface area contributed by atoms with E-state index >= 15 is 0 Å². The van der Waals surface area contributed by atoms with Crippen molar-refractivity contribution in [3.8, 4) is 11.4 Å². The molecule has 1 aromatic heterocycles. The predicted octanol–water partition coefficient (Wildman–Crippen LogP) is 4.98. The van der Waals surface area contributed by atoms with Crippen LogP contribution < -0.4 is 10.1 Å². The number of carbonyl (C=O) groups is 1. The molecule has 0 saturated heterocycles. The van der Waals surface area contributed by atoms with Gasteiger partial charge in [-0.1, -0.05) is 46.3 Å². The molecular formula is C19H15BrF3N3O2. The van der Waals surface area contributed by atoms with Gasteiger partial charge in [0.25, 0.3) is 0 Å². The second kappa shape index (κ2) is 8.47. The van der Waals surface area contributed by atoms with Gasteiger partial charge in [-0.15, -0.1) is 0 Å². The Kier molecular flexibility index (Phi) is 6.03. The van der Waals surface area contributed by atoms with E-state index in [1.54, 1.807) is 18.2 Å². The summed E-state index contributed by atoms with van der Waals surface area (Å²) in [5, 5.41) is 6.17. The first kappa shape index (κ1) is 19.9. The number of alkyl halides is 3. The van der Waals surface area contributed by atoms with Crippen LogP contribution in [0.15, 0.2) is 65.3 Å². The average molecular weight is 454 g/mol. The van der Waals surface area contributed by atoms with Crippen molar-refractivity contribution >= 4 is 22.0 Å². The third-order valence-corrected chi connectivity index (χ3v) is 4.33. The van der Waals surface area contributed by atoms with Crippen molar-refractivity contribution < 1.29 is 22.7 Å². The fourth-order valence-electron chi connectivity index (χ4n) is 2.53. The van der Waals surface area contributed by atoms with Crippen molar-refractivity contribution in [3.63, 3.8) is 0 Å². The highest BCUT2D eigenvalue weighted by Crippen LogP contribution is 2.37. The van der Waals surface area contributed by atoms with Crippen LogP contribution in [0.3, 0.4) is 0 Å². The smallest absolute Gasteiger partial charge is 0.406 e. The summed E-state index contributed by atoms with van der Waals surface area (Å²) < 4.78 is 47.0. The Labute approximate surface area is 167 Å². The SMILES string of the molecule is O=C(NCCc1ccc(Br)cc1)Oc1cnn(-c2ccccc2)c1C(F)(F)F. The van der Waals surface area contributed by atoms with E-state index in [0.29, 0.717) is 11.1 Å². The molecule has 1 heterocycles.